The van der Waals surface area contributed by atoms with Crippen molar-refractivity contribution in [2.24, 2.45) is 0 Å². The summed E-state index contributed by atoms with van der Waals surface area (Å²) in [5.41, 5.74) is 3.97. The molecule has 1 N–H and O–H groups in total. The number of rotatable bonds is 5. The number of ether oxygens (including phenoxy) is 2. The number of thiazole rings is 1. The third-order valence-corrected chi connectivity index (χ3v) is 6.48. The molecule has 8 heteroatoms. The zero-order valence-electron chi connectivity index (χ0n) is 17.5. The molecule has 2 aromatic heterocycles. The van der Waals surface area contributed by atoms with Gasteiger partial charge in [-0.3, -0.25) is 15.1 Å². The van der Waals surface area contributed by atoms with Crippen LogP contribution >= 0.6 is 11.3 Å². The molecule has 0 bridgehead atoms. The van der Waals surface area contributed by atoms with E-state index in [4.69, 9.17) is 14.5 Å². The Balaban J connectivity index is 1.33. The predicted octanol–water partition coefficient (Wildman–Crippen LogP) is 4.53. The molecule has 0 saturated carbocycles. The molecular formula is C24H21N3O4S. The molecule has 0 aliphatic heterocycles. The van der Waals surface area contributed by atoms with Gasteiger partial charge in [-0.2, -0.15) is 0 Å². The Bertz CT molecular complexity index is 1350. The van der Waals surface area contributed by atoms with Crippen molar-refractivity contribution in [3.63, 3.8) is 0 Å². The zero-order chi connectivity index (χ0) is 22.1. The van der Waals surface area contributed by atoms with Gasteiger partial charge in [0, 0.05) is 11.1 Å². The average molecular weight is 448 g/mol. The minimum Gasteiger partial charge on any atom is -0.497 e. The van der Waals surface area contributed by atoms with Gasteiger partial charge < -0.3 is 9.47 Å². The van der Waals surface area contributed by atoms with Crippen LogP contribution in [0.25, 0.3) is 21.1 Å². The minimum atomic E-state index is -0.495. The lowest BCUT2D eigenvalue weighted by atomic mass is 9.90. The summed E-state index contributed by atoms with van der Waals surface area (Å²) in [5.74, 6) is -0.205. The molecule has 0 atom stereocenters. The number of anilines is 1. The van der Waals surface area contributed by atoms with E-state index in [2.05, 4.69) is 10.3 Å². The molecule has 32 heavy (non-hydrogen) atoms. The predicted molar refractivity (Wildman–Crippen MR) is 123 cm³/mol. The number of pyridine rings is 1. The third kappa shape index (κ3) is 3.89. The maximum atomic E-state index is 13.0. The molecule has 162 valence electrons. The highest BCUT2D eigenvalue weighted by Crippen LogP contribution is 2.31. The fraction of sp³-hybridized carbons (Fsp3) is 0.250. The Morgan fingerprint density at radius 1 is 1.06 bits per heavy atom. The molecule has 0 spiro atoms. The number of nitrogens with one attached hydrogen (secondary N) is 1. The van der Waals surface area contributed by atoms with Crippen LogP contribution in [-0.2, 0) is 22.4 Å². The van der Waals surface area contributed by atoms with Crippen molar-refractivity contribution in [2.45, 2.75) is 25.7 Å². The summed E-state index contributed by atoms with van der Waals surface area (Å²) in [6.45, 7) is -0.385. The second-order valence-electron chi connectivity index (χ2n) is 7.61. The van der Waals surface area contributed by atoms with Crippen molar-refractivity contribution in [3.05, 3.63) is 59.3 Å². The molecular weight excluding hydrogens is 426 g/mol. The number of esters is 1. The molecule has 5 rings (SSSR count). The number of amides is 1. The van der Waals surface area contributed by atoms with Crippen molar-refractivity contribution < 1.29 is 19.1 Å². The first-order valence-electron chi connectivity index (χ1n) is 10.4. The fourth-order valence-corrected chi connectivity index (χ4v) is 4.96. The number of carbonyl (C=O) groups excluding carboxylic acids is 2. The Kier molecular flexibility index (Phi) is 5.45. The van der Waals surface area contributed by atoms with Crippen molar-refractivity contribution in [3.8, 4) is 5.75 Å². The monoisotopic (exact) mass is 447 g/mol. The summed E-state index contributed by atoms with van der Waals surface area (Å²) in [4.78, 5) is 34.6. The Hall–Kier alpha value is -3.52. The van der Waals surface area contributed by atoms with Gasteiger partial charge in [-0.05, 0) is 55.5 Å². The Labute approximate surface area is 188 Å². The van der Waals surface area contributed by atoms with Crippen LogP contribution in [0.5, 0.6) is 5.75 Å². The number of hydrogen-bond acceptors (Lipinski definition) is 7. The van der Waals surface area contributed by atoms with Gasteiger partial charge in [-0.15, -0.1) is 0 Å². The molecule has 0 radical (unpaired) electrons. The number of fused-ring (bicyclic) bond motifs is 3. The van der Waals surface area contributed by atoms with E-state index in [0.717, 1.165) is 63.8 Å². The fourth-order valence-electron chi connectivity index (χ4n) is 4.05. The van der Waals surface area contributed by atoms with Gasteiger partial charge in [0.15, 0.2) is 11.7 Å². The molecule has 1 amide bonds. The standard InChI is InChI=1S/C24H21N3O4S/c1-30-14-10-11-19-20(12-14)32-24(26-19)27-21(28)13-31-23(29)22-15-6-2-4-8-17(15)25-18-9-5-3-7-16(18)22/h2,4,6,8,10-12H,3,5,7,9,13H2,1H3,(H,26,27,28). The summed E-state index contributed by atoms with van der Waals surface area (Å²) in [7, 11) is 1.60. The lowest BCUT2D eigenvalue weighted by molar-refractivity contribution is -0.119. The van der Waals surface area contributed by atoms with Crippen molar-refractivity contribution in [2.75, 3.05) is 19.0 Å². The molecule has 0 unspecified atom stereocenters. The summed E-state index contributed by atoms with van der Waals surface area (Å²) in [5, 5.41) is 3.92. The third-order valence-electron chi connectivity index (χ3n) is 5.55. The van der Waals surface area contributed by atoms with Crippen molar-refractivity contribution >= 4 is 49.5 Å². The first kappa shape index (κ1) is 20.4. The van der Waals surface area contributed by atoms with Crippen LogP contribution in [0.1, 0.15) is 34.5 Å². The molecule has 1 aliphatic rings. The van der Waals surface area contributed by atoms with Crippen LogP contribution in [0.4, 0.5) is 5.13 Å². The lowest BCUT2D eigenvalue weighted by Gasteiger charge is -2.19. The van der Waals surface area contributed by atoms with Gasteiger partial charge in [0.25, 0.3) is 5.91 Å². The Morgan fingerprint density at radius 2 is 1.91 bits per heavy atom. The molecule has 2 aromatic carbocycles. The summed E-state index contributed by atoms with van der Waals surface area (Å²) in [6.07, 6.45) is 3.71. The van der Waals surface area contributed by atoms with Crippen LogP contribution in [0.15, 0.2) is 42.5 Å². The van der Waals surface area contributed by atoms with E-state index >= 15 is 0 Å². The van der Waals surface area contributed by atoms with Gasteiger partial charge in [0.05, 0.1) is 28.4 Å². The number of methoxy groups -OCH3 is 1. The van der Waals surface area contributed by atoms with E-state index in [1.807, 2.05) is 42.5 Å². The summed E-state index contributed by atoms with van der Waals surface area (Å²) < 4.78 is 11.5. The quantitative estimate of drug-likeness (QED) is 0.452. The molecule has 0 fully saturated rings. The summed E-state index contributed by atoms with van der Waals surface area (Å²) in [6, 6.07) is 13.1. The molecule has 1 aliphatic carbocycles. The molecule has 0 saturated heterocycles. The van der Waals surface area contributed by atoms with Gasteiger partial charge in [-0.25, -0.2) is 9.78 Å². The molecule has 2 heterocycles. The highest BCUT2D eigenvalue weighted by Gasteiger charge is 2.24. The Morgan fingerprint density at radius 3 is 2.78 bits per heavy atom. The number of aryl methyl sites for hydroxylation is 1. The smallest absolute Gasteiger partial charge is 0.339 e. The van der Waals surface area contributed by atoms with E-state index in [1.54, 1.807) is 7.11 Å². The van der Waals surface area contributed by atoms with Gasteiger partial charge in [0.2, 0.25) is 0 Å². The van der Waals surface area contributed by atoms with E-state index in [1.165, 1.54) is 11.3 Å². The van der Waals surface area contributed by atoms with Crippen LogP contribution < -0.4 is 10.1 Å². The van der Waals surface area contributed by atoms with E-state index in [9.17, 15) is 9.59 Å². The topological polar surface area (TPSA) is 90.4 Å². The van der Waals surface area contributed by atoms with Gasteiger partial charge in [-0.1, -0.05) is 29.5 Å². The highest BCUT2D eigenvalue weighted by molar-refractivity contribution is 7.22. The average Bonchev–Trinajstić information content (AvgIpc) is 3.22. The second kappa shape index (κ2) is 8.55. The van der Waals surface area contributed by atoms with E-state index in [0.29, 0.717) is 10.7 Å². The second-order valence-corrected chi connectivity index (χ2v) is 8.64. The number of aromatic nitrogens is 2. The number of hydrogen-bond donors (Lipinski definition) is 1. The first-order chi connectivity index (χ1) is 15.6. The van der Waals surface area contributed by atoms with Crippen molar-refractivity contribution in [1.29, 1.82) is 0 Å². The zero-order valence-corrected chi connectivity index (χ0v) is 18.3. The van der Waals surface area contributed by atoms with Crippen LogP contribution in [-0.4, -0.2) is 35.6 Å². The first-order valence-corrected chi connectivity index (χ1v) is 11.3. The van der Waals surface area contributed by atoms with Gasteiger partial charge in [0.1, 0.15) is 5.75 Å². The SMILES string of the molecule is COc1ccc2nc(NC(=O)COC(=O)c3c4c(nc5ccccc35)CCCC4)sc2c1. The minimum absolute atomic E-state index is 0.385. The van der Waals surface area contributed by atoms with Gasteiger partial charge >= 0.3 is 5.97 Å². The number of nitrogens with zero attached hydrogens (tertiary/aromatic N) is 2. The molecule has 7 nitrogen and oxygen atoms in total. The maximum Gasteiger partial charge on any atom is 0.339 e. The van der Waals surface area contributed by atoms with Crippen LogP contribution in [0.3, 0.4) is 0 Å². The number of carbonyl (C=O) groups is 2. The van der Waals surface area contributed by atoms with E-state index in [-0.39, 0.29) is 6.61 Å². The largest absolute Gasteiger partial charge is 0.497 e. The number of benzene rings is 2. The normalized spacial score (nSPS) is 13.0. The number of para-hydroxylation sites is 1. The van der Waals surface area contributed by atoms with Crippen LogP contribution in [0, 0.1) is 0 Å². The lowest BCUT2D eigenvalue weighted by Crippen LogP contribution is -2.22. The van der Waals surface area contributed by atoms with E-state index < -0.39 is 11.9 Å². The summed E-state index contributed by atoms with van der Waals surface area (Å²) >= 11 is 1.33. The maximum absolute atomic E-state index is 13.0. The van der Waals surface area contributed by atoms with Crippen molar-refractivity contribution in [1.82, 2.24) is 9.97 Å². The van der Waals surface area contributed by atoms with Crippen LogP contribution in [0.2, 0.25) is 0 Å². The molecule has 4 aromatic rings. The highest BCUT2D eigenvalue weighted by atomic mass is 32.1.